The first-order valence-corrected chi connectivity index (χ1v) is 7.52. The molecule has 120 valence electrons. The molecule has 2 aromatic rings. The van der Waals surface area contributed by atoms with E-state index in [1.54, 1.807) is 24.0 Å². The highest BCUT2D eigenvalue weighted by atomic mass is 19.1. The number of aromatic nitrogens is 1. The lowest BCUT2D eigenvalue weighted by molar-refractivity contribution is -0.122. The monoisotopic (exact) mass is 315 g/mol. The molecule has 1 fully saturated rings. The summed E-state index contributed by atoms with van der Waals surface area (Å²) in [6, 6.07) is 6.01. The zero-order valence-corrected chi connectivity index (χ0v) is 13.0. The van der Waals surface area contributed by atoms with Gasteiger partial charge in [-0.05, 0) is 31.0 Å². The summed E-state index contributed by atoms with van der Waals surface area (Å²) >= 11 is 0. The van der Waals surface area contributed by atoms with Gasteiger partial charge in [-0.3, -0.25) is 14.6 Å². The average molecular weight is 315 g/mol. The number of carbonyl (C=O) groups excluding carboxylic acids is 2. The summed E-state index contributed by atoms with van der Waals surface area (Å²) in [5, 5.41) is 0.707. The molecule has 1 aromatic carbocycles. The van der Waals surface area contributed by atoms with Crippen LogP contribution >= 0.6 is 0 Å². The molecular weight excluding hydrogens is 297 g/mol. The first kappa shape index (κ1) is 15.4. The van der Waals surface area contributed by atoms with Crippen molar-refractivity contribution in [3.63, 3.8) is 0 Å². The Labute approximate surface area is 133 Å². The second-order valence-electron chi connectivity index (χ2n) is 6.15. The minimum absolute atomic E-state index is 0.0410. The van der Waals surface area contributed by atoms with Crippen molar-refractivity contribution in [2.24, 2.45) is 17.6 Å². The molecule has 2 N–H and O–H groups in total. The molecule has 1 aliphatic heterocycles. The van der Waals surface area contributed by atoms with Crippen LogP contribution < -0.4 is 5.73 Å². The summed E-state index contributed by atoms with van der Waals surface area (Å²) in [4.78, 5) is 30.1. The van der Waals surface area contributed by atoms with E-state index in [0.29, 0.717) is 35.2 Å². The van der Waals surface area contributed by atoms with Crippen molar-refractivity contribution < 1.29 is 14.0 Å². The Bertz CT molecular complexity index is 806. The lowest BCUT2D eigenvalue weighted by Gasteiger charge is -2.17. The van der Waals surface area contributed by atoms with Gasteiger partial charge in [0.15, 0.2) is 0 Å². The molecule has 1 saturated heterocycles. The molecule has 2 heterocycles. The van der Waals surface area contributed by atoms with Crippen molar-refractivity contribution in [3.05, 3.63) is 41.3 Å². The number of likely N-dealkylation sites (tertiary alicyclic amines) is 1. The number of carbonyl (C=O) groups is 2. The zero-order valence-electron chi connectivity index (χ0n) is 13.0. The number of halogens is 1. The van der Waals surface area contributed by atoms with Crippen LogP contribution in [-0.4, -0.2) is 34.8 Å². The lowest BCUT2D eigenvalue weighted by Crippen LogP contribution is -2.32. The van der Waals surface area contributed by atoms with Crippen LogP contribution in [0.1, 0.15) is 23.0 Å². The number of amides is 2. The van der Waals surface area contributed by atoms with Gasteiger partial charge in [-0.25, -0.2) is 4.39 Å². The fourth-order valence-electron chi connectivity index (χ4n) is 3.13. The number of nitrogens with two attached hydrogens (primary N) is 1. The second-order valence-corrected chi connectivity index (χ2v) is 6.15. The summed E-state index contributed by atoms with van der Waals surface area (Å²) in [6.07, 6.45) is 0. The van der Waals surface area contributed by atoms with E-state index < -0.39 is 0 Å². The van der Waals surface area contributed by atoms with Crippen molar-refractivity contribution in [1.29, 1.82) is 0 Å². The van der Waals surface area contributed by atoms with Gasteiger partial charge in [0.1, 0.15) is 5.82 Å². The number of benzene rings is 1. The van der Waals surface area contributed by atoms with Crippen LogP contribution in [0.25, 0.3) is 10.9 Å². The van der Waals surface area contributed by atoms with E-state index in [1.807, 2.05) is 6.92 Å². The van der Waals surface area contributed by atoms with Crippen molar-refractivity contribution in [3.8, 4) is 0 Å². The van der Waals surface area contributed by atoms with Gasteiger partial charge >= 0.3 is 0 Å². The summed E-state index contributed by atoms with van der Waals surface area (Å²) in [5.41, 5.74) is 6.92. The quantitative estimate of drug-likeness (QED) is 0.919. The Morgan fingerprint density at radius 2 is 2.04 bits per heavy atom. The Kier molecular flexibility index (Phi) is 3.75. The van der Waals surface area contributed by atoms with Gasteiger partial charge in [0, 0.05) is 24.5 Å². The molecule has 23 heavy (non-hydrogen) atoms. The maximum Gasteiger partial charge on any atom is 0.255 e. The largest absolute Gasteiger partial charge is 0.369 e. The van der Waals surface area contributed by atoms with Crippen LogP contribution in [0.15, 0.2) is 24.3 Å². The molecule has 0 radical (unpaired) electrons. The summed E-state index contributed by atoms with van der Waals surface area (Å²) in [5.74, 6) is -1.18. The number of fused-ring (bicyclic) bond motifs is 1. The molecule has 1 aliphatic rings. The minimum Gasteiger partial charge on any atom is -0.369 e. The standard InChI is InChI=1S/C17H18FN3O2/c1-9-7-21(8-14(9)16(19)22)17(23)13-5-11-3-4-12(18)6-15(11)20-10(13)2/h3-6,9,14H,7-8H2,1-2H3,(H2,19,22)/t9-,14-/m1/s1. The minimum atomic E-state index is -0.378. The molecule has 6 heteroatoms. The number of nitrogens with zero attached hydrogens (tertiary/aromatic N) is 2. The van der Waals surface area contributed by atoms with Crippen molar-refractivity contribution in [1.82, 2.24) is 9.88 Å². The smallest absolute Gasteiger partial charge is 0.255 e. The normalized spacial score (nSPS) is 20.9. The van der Waals surface area contributed by atoms with Crippen LogP contribution in [0.5, 0.6) is 0 Å². The number of hydrogen-bond donors (Lipinski definition) is 1. The summed E-state index contributed by atoms with van der Waals surface area (Å²) in [7, 11) is 0. The van der Waals surface area contributed by atoms with Gasteiger partial charge in [-0.2, -0.15) is 0 Å². The van der Waals surface area contributed by atoms with Crippen molar-refractivity contribution in [2.75, 3.05) is 13.1 Å². The van der Waals surface area contributed by atoms with Gasteiger partial charge in [0.2, 0.25) is 5.91 Å². The zero-order chi connectivity index (χ0) is 16.7. The van der Waals surface area contributed by atoms with Crippen molar-refractivity contribution in [2.45, 2.75) is 13.8 Å². The van der Waals surface area contributed by atoms with E-state index in [4.69, 9.17) is 5.73 Å². The van der Waals surface area contributed by atoms with Crippen LogP contribution in [0, 0.1) is 24.6 Å². The van der Waals surface area contributed by atoms with E-state index in [2.05, 4.69) is 4.98 Å². The van der Waals surface area contributed by atoms with Gasteiger partial charge in [-0.1, -0.05) is 6.92 Å². The molecule has 1 aromatic heterocycles. The molecule has 0 spiro atoms. The predicted octanol–water partition coefficient (Wildman–Crippen LogP) is 1.88. The summed E-state index contributed by atoms with van der Waals surface area (Å²) < 4.78 is 13.3. The Hall–Kier alpha value is -2.50. The van der Waals surface area contributed by atoms with Gasteiger partial charge < -0.3 is 10.6 Å². The SMILES string of the molecule is Cc1nc2cc(F)ccc2cc1C(=O)N1C[C@@H](C)[C@H](C(N)=O)C1. The highest BCUT2D eigenvalue weighted by Gasteiger charge is 2.36. The Balaban J connectivity index is 1.94. The number of hydrogen-bond acceptors (Lipinski definition) is 3. The van der Waals surface area contributed by atoms with Crippen molar-refractivity contribution >= 4 is 22.7 Å². The molecule has 0 aliphatic carbocycles. The fourth-order valence-corrected chi connectivity index (χ4v) is 3.13. The topological polar surface area (TPSA) is 76.3 Å². The first-order valence-electron chi connectivity index (χ1n) is 7.52. The number of pyridine rings is 1. The number of aryl methyl sites for hydroxylation is 1. The highest BCUT2D eigenvalue weighted by molar-refractivity contribution is 5.99. The first-order chi connectivity index (χ1) is 10.9. The molecule has 2 atom stereocenters. The number of primary amides is 1. The fraction of sp³-hybridized carbons (Fsp3) is 0.353. The highest BCUT2D eigenvalue weighted by Crippen LogP contribution is 2.26. The van der Waals surface area contributed by atoms with E-state index >= 15 is 0 Å². The average Bonchev–Trinajstić information content (AvgIpc) is 2.88. The Morgan fingerprint density at radius 1 is 1.30 bits per heavy atom. The van der Waals surface area contributed by atoms with Gasteiger partial charge in [-0.15, -0.1) is 0 Å². The maximum absolute atomic E-state index is 13.3. The predicted molar refractivity (Wildman–Crippen MR) is 84.2 cm³/mol. The Morgan fingerprint density at radius 3 is 2.70 bits per heavy atom. The molecular formula is C17H18FN3O2. The third kappa shape index (κ3) is 2.76. The van der Waals surface area contributed by atoms with E-state index in [9.17, 15) is 14.0 Å². The molecule has 3 rings (SSSR count). The van der Waals surface area contributed by atoms with Crippen LogP contribution in [0.3, 0.4) is 0 Å². The van der Waals surface area contributed by atoms with Gasteiger partial charge in [0.05, 0.1) is 22.7 Å². The third-order valence-electron chi connectivity index (χ3n) is 4.47. The van der Waals surface area contributed by atoms with Crippen LogP contribution in [0.2, 0.25) is 0 Å². The van der Waals surface area contributed by atoms with E-state index in [1.165, 1.54) is 12.1 Å². The maximum atomic E-state index is 13.3. The molecule has 5 nitrogen and oxygen atoms in total. The molecule has 2 amide bonds. The molecule has 0 saturated carbocycles. The number of rotatable bonds is 2. The second kappa shape index (κ2) is 5.61. The summed E-state index contributed by atoms with van der Waals surface area (Å²) in [6.45, 7) is 4.46. The molecule has 0 unspecified atom stereocenters. The third-order valence-corrected chi connectivity index (χ3v) is 4.47. The van der Waals surface area contributed by atoms with E-state index in [0.717, 1.165) is 0 Å². The van der Waals surface area contributed by atoms with Crippen LogP contribution in [0.4, 0.5) is 4.39 Å². The van der Waals surface area contributed by atoms with Crippen LogP contribution in [-0.2, 0) is 4.79 Å². The lowest BCUT2D eigenvalue weighted by atomic mass is 9.98. The van der Waals surface area contributed by atoms with E-state index in [-0.39, 0.29) is 29.5 Å². The molecule has 0 bridgehead atoms. The van der Waals surface area contributed by atoms with Gasteiger partial charge in [0.25, 0.3) is 5.91 Å².